The highest BCUT2D eigenvalue weighted by atomic mass is 32.2. The van der Waals surface area contributed by atoms with Gasteiger partial charge in [0.15, 0.2) is 0 Å². The Labute approximate surface area is 126 Å². The van der Waals surface area contributed by atoms with Crippen LogP contribution in [-0.2, 0) is 14.8 Å². The van der Waals surface area contributed by atoms with Crippen molar-refractivity contribution in [1.29, 1.82) is 0 Å². The number of alkyl halides is 2. The molecule has 1 aliphatic rings. The summed E-state index contributed by atoms with van der Waals surface area (Å²) in [5.74, 6) is -1.37. The maximum absolute atomic E-state index is 13.6. The zero-order chi connectivity index (χ0) is 16.5. The summed E-state index contributed by atoms with van der Waals surface area (Å²) in [4.78, 5) is 10.7. The summed E-state index contributed by atoms with van der Waals surface area (Å²) in [5, 5.41) is 2.17. The third-order valence-electron chi connectivity index (χ3n) is 3.13. The van der Waals surface area contributed by atoms with E-state index < -0.39 is 40.8 Å². The first-order valence-electron chi connectivity index (χ1n) is 6.59. The molecule has 1 aromatic carbocycles. The highest BCUT2D eigenvalue weighted by molar-refractivity contribution is 7.89. The Bertz CT molecular complexity index is 675. The molecule has 0 saturated heterocycles. The molecule has 2 rings (SSSR count). The maximum atomic E-state index is 13.6. The largest absolute Gasteiger partial charge is 0.324 e. The van der Waals surface area contributed by atoms with Gasteiger partial charge in [0, 0.05) is 13.0 Å². The minimum atomic E-state index is -4.17. The zero-order valence-corrected chi connectivity index (χ0v) is 12.5. The summed E-state index contributed by atoms with van der Waals surface area (Å²) >= 11 is 0. The SMILES string of the molecule is CC(=O)Nc1cc(S(=O)(=O)N(CC(F)F)C2CC2)ccc1F. The minimum absolute atomic E-state index is 0.304. The van der Waals surface area contributed by atoms with Crippen molar-refractivity contribution < 1.29 is 26.4 Å². The van der Waals surface area contributed by atoms with Crippen molar-refractivity contribution in [3.8, 4) is 0 Å². The number of rotatable bonds is 6. The number of nitrogens with one attached hydrogen (secondary N) is 1. The van der Waals surface area contributed by atoms with Crippen LogP contribution in [0.2, 0.25) is 0 Å². The molecule has 0 radical (unpaired) electrons. The van der Waals surface area contributed by atoms with Gasteiger partial charge in [0.1, 0.15) is 5.82 Å². The highest BCUT2D eigenvalue weighted by Gasteiger charge is 2.39. The molecular formula is C13H15F3N2O3S. The molecule has 0 unspecified atom stereocenters. The zero-order valence-electron chi connectivity index (χ0n) is 11.7. The van der Waals surface area contributed by atoms with Crippen LogP contribution in [-0.4, -0.2) is 37.6 Å². The second-order valence-electron chi connectivity index (χ2n) is 5.02. The van der Waals surface area contributed by atoms with Crippen LogP contribution >= 0.6 is 0 Å². The normalized spacial score (nSPS) is 15.4. The summed E-state index contributed by atoms with van der Waals surface area (Å²) in [6, 6.07) is 2.36. The van der Waals surface area contributed by atoms with Crippen molar-refractivity contribution >= 4 is 21.6 Å². The summed E-state index contributed by atoms with van der Waals surface area (Å²) in [6.45, 7) is 0.244. The fraction of sp³-hybridized carbons (Fsp3) is 0.462. The molecule has 22 heavy (non-hydrogen) atoms. The van der Waals surface area contributed by atoms with Crippen molar-refractivity contribution in [1.82, 2.24) is 4.31 Å². The lowest BCUT2D eigenvalue weighted by Crippen LogP contribution is -2.37. The van der Waals surface area contributed by atoms with E-state index in [1.54, 1.807) is 0 Å². The molecule has 122 valence electrons. The summed E-state index contributed by atoms with van der Waals surface area (Å²) in [7, 11) is -4.17. The van der Waals surface area contributed by atoms with E-state index in [-0.39, 0.29) is 10.6 Å². The lowest BCUT2D eigenvalue weighted by atomic mass is 10.3. The van der Waals surface area contributed by atoms with Gasteiger partial charge in [-0.25, -0.2) is 21.6 Å². The molecule has 0 atom stereocenters. The number of sulfonamides is 1. The minimum Gasteiger partial charge on any atom is -0.324 e. The third-order valence-corrected chi connectivity index (χ3v) is 5.04. The van der Waals surface area contributed by atoms with Crippen LogP contribution in [0.25, 0.3) is 0 Å². The molecule has 1 aromatic rings. The first-order valence-corrected chi connectivity index (χ1v) is 8.03. The first-order chi connectivity index (χ1) is 10.2. The molecule has 5 nitrogen and oxygen atoms in total. The Morgan fingerprint density at radius 2 is 2.05 bits per heavy atom. The van der Waals surface area contributed by atoms with Gasteiger partial charge in [-0.2, -0.15) is 4.31 Å². The van der Waals surface area contributed by atoms with Gasteiger partial charge < -0.3 is 5.32 Å². The van der Waals surface area contributed by atoms with E-state index in [1.165, 1.54) is 0 Å². The van der Waals surface area contributed by atoms with Crippen molar-refractivity contribution in [3.63, 3.8) is 0 Å². The van der Waals surface area contributed by atoms with Crippen molar-refractivity contribution in [2.45, 2.75) is 37.1 Å². The van der Waals surface area contributed by atoms with E-state index >= 15 is 0 Å². The average molecular weight is 336 g/mol. The lowest BCUT2D eigenvalue weighted by Gasteiger charge is -2.21. The van der Waals surface area contributed by atoms with Gasteiger partial charge in [-0.05, 0) is 31.0 Å². The van der Waals surface area contributed by atoms with Crippen LogP contribution in [0, 0.1) is 5.82 Å². The molecule has 0 aliphatic heterocycles. The number of halogens is 3. The second kappa shape index (κ2) is 6.25. The molecule has 0 heterocycles. The van der Waals surface area contributed by atoms with Gasteiger partial charge in [0.2, 0.25) is 15.9 Å². The Morgan fingerprint density at radius 3 is 2.55 bits per heavy atom. The monoisotopic (exact) mass is 336 g/mol. The van der Waals surface area contributed by atoms with Gasteiger partial charge in [-0.1, -0.05) is 0 Å². The Kier molecular flexibility index (Phi) is 4.76. The predicted octanol–water partition coefficient (Wildman–Crippen LogP) is 2.20. The molecule has 1 fully saturated rings. The summed E-state index contributed by atoms with van der Waals surface area (Å²) in [5.41, 5.74) is -0.304. The fourth-order valence-electron chi connectivity index (χ4n) is 2.03. The number of amides is 1. The van der Waals surface area contributed by atoms with Crippen LogP contribution in [0.4, 0.5) is 18.9 Å². The quantitative estimate of drug-likeness (QED) is 0.866. The number of benzene rings is 1. The number of carbonyl (C=O) groups excluding carboxylic acids is 1. The topological polar surface area (TPSA) is 66.5 Å². The Morgan fingerprint density at radius 1 is 1.41 bits per heavy atom. The molecule has 1 N–H and O–H groups in total. The van der Waals surface area contributed by atoms with Gasteiger partial charge in [-0.3, -0.25) is 4.79 Å². The summed E-state index contributed by atoms with van der Waals surface area (Å²) in [6.07, 6.45) is -1.76. The van der Waals surface area contributed by atoms with E-state index in [0.29, 0.717) is 12.8 Å². The standard InChI is InChI=1S/C13H15F3N2O3S/c1-8(19)17-12-6-10(4-5-11(12)14)22(20,21)18(7-13(15)16)9-2-3-9/h4-6,9,13H,2-3,7H2,1H3,(H,17,19). The van der Waals surface area contributed by atoms with E-state index in [9.17, 15) is 26.4 Å². The van der Waals surface area contributed by atoms with E-state index in [0.717, 1.165) is 29.4 Å². The lowest BCUT2D eigenvalue weighted by molar-refractivity contribution is -0.114. The molecule has 9 heteroatoms. The molecule has 0 aromatic heterocycles. The van der Waals surface area contributed by atoms with Crippen LogP contribution in [0.15, 0.2) is 23.1 Å². The van der Waals surface area contributed by atoms with Crippen LogP contribution in [0.3, 0.4) is 0 Å². The van der Waals surface area contributed by atoms with E-state index in [4.69, 9.17) is 0 Å². The van der Waals surface area contributed by atoms with Crippen LogP contribution in [0.1, 0.15) is 19.8 Å². The summed E-state index contributed by atoms with van der Waals surface area (Å²) < 4.78 is 64.4. The second-order valence-corrected chi connectivity index (χ2v) is 6.91. The predicted molar refractivity (Wildman–Crippen MR) is 73.6 cm³/mol. The molecule has 1 aliphatic carbocycles. The molecule has 1 saturated carbocycles. The number of carbonyl (C=O) groups is 1. The fourth-order valence-corrected chi connectivity index (χ4v) is 3.72. The number of anilines is 1. The van der Waals surface area contributed by atoms with Crippen molar-refractivity contribution in [3.05, 3.63) is 24.0 Å². The van der Waals surface area contributed by atoms with E-state index in [1.807, 2.05) is 0 Å². The van der Waals surface area contributed by atoms with Gasteiger partial charge in [0.05, 0.1) is 17.1 Å². The molecule has 0 spiro atoms. The smallest absolute Gasteiger partial charge is 0.252 e. The van der Waals surface area contributed by atoms with Gasteiger partial charge in [-0.15, -0.1) is 0 Å². The number of hydrogen-bond donors (Lipinski definition) is 1. The van der Waals surface area contributed by atoms with E-state index in [2.05, 4.69) is 5.32 Å². The number of hydrogen-bond acceptors (Lipinski definition) is 3. The average Bonchev–Trinajstić information content (AvgIpc) is 3.21. The van der Waals surface area contributed by atoms with Crippen LogP contribution < -0.4 is 5.32 Å². The number of nitrogens with zero attached hydrogens (tertiary/aromatic N) is 1. The highest BCUT2D eigenvalue weighted by Crippen LogP contribution is 2.33. The Hall–Kier alpha value is -1.61. The Balaban J connectivity index is 2.37. The molecule has 1 amide bonds. The van der Waals surface area contributed by atoms with Crippen molar-refractivity contribution in [2.24, 2.45) is 0 Å². The van der Waals surface area contributed by atoms with Crippen LogP contribution in [0.5, 0.6) is 0 Å². The molecule has 0 bridgehead atoms. The third kappa shape index (κ3) is 3.77. The first kappa shape index (κ1) is 16.8. The van der Waals surface area contributed by atoms with Gasteiger partial charge in [0.25, 0.3) is 6.43 Å². The maximum Gasteiger partial charge on any atom is 0.252 e. The molecular weight excluding hydrogens is 321 g/mol. The van der Waals surface area contributed by atoms with Crippen molar-refractivity contribution in [2.75, 3.05) is 11.9 Å². The van der Waals surface area contributed by atoms with Gasteiger partial charge >= 0.3 is 0 Å².